The largest absolute Gasteiger partial charge is 0.493 e. The van der Waals surface area contributed by atoms with Crippen molar-refractivity contribution in [2.45, 2.75) is 6.61 Å². The molecule has 0 unspecified atom stereocenters. The number of methoxy groups -OCH3 is 1. The van der Waals surface area contributed by atoms with Crippen molar-refractivity contribution >= 4 is 51.9 Å². The number of nitro groups is 1. The van der Waals surface area contributed by atoms with Crippen molar-refractivity contribution in [3.63, 3.8) is 0 Å². The minimum Gasteiger partial charge on any atom is -0.493 e. The summed E-state index contributed by atoms with van der Waals surface area (Å²) in [6, 6.07) is 14.1. The van der Waals surface area contributed by atoms with Gasteiger partial charge in [-0.05, 0) is 64.0 Å². The zero-order valence-corrected chi connectivity index (χ0v) is 18.6. The van der Waals surface area contributed by atoms with Gasteiger partial charge in [0.15, 0.2) is 11.5 Å². The molecule has 0 bridgehead atoms. The van der Waals surface area contributed by atoms with E-state index in [0.29, 0.717) is 28.7 Å². The van der Waals surface area contributed by atoms with Crippen LogP contribution in [0.1, 0.15) is 11.1 Å². The van der Waals surface area contributed by atoms with Crippen LogP contribution in [0.15, 0.2) is 59.8 Å². The van der Waals surface area contributed by atoms with Crippen LogP contribution >= 0.6 is 34.2 Å². The fourth-order valence-electron chi connectivity index (χ4n) is 2.49. The maximum absolute atomic E-state index is 11.0. The van der Waals surface area contributed by atoms with E-state index < -0.39 is 4.92 Å². The average Bonchev–Trinajstić information content (AvgIpc) is 2.74. The Kier molecular flexibility index (Phi) is 7.41. The molecule has 0 radical (unpaired) electrons. The van der Waals surface area contributed by atoms with Gasteiger partial charge in [0.1, 0.15) is 6.61 Å². The van der Waals surface area contributed by atoms with Crippen molar-refractivity contribution in [1.82, 2.24) is 4.98 Å². The maximum atomic E-state index is 11.0. The van der Waals surface area contributed by atoms with Gasteiger partial charge in [0.05, 0.1) is 23.3 Å². The van der Waals surface area contributed by atoms with E-state index in [1.54, 1.807) is 12.1 Å². The van der Waals surface area contributed by atoms with Crippen molar-refractivity contribution in [1.29, 1.82) is 0 Å². The van der Waals surface area contributed by atoms with Gasteiger partial charge in [-0.1, -0.05) is 23.7 Å². The third-order valence-electron chi connectivity index (χ3n) is 3.92. The Bertz CT molecular complexity index is 1080. The molecule has 1 heterocycles. The predicted octanol–water partition coefficient (Wildman–Crippen LogP) is 5.28. The van der Waals surface area contributed by atoms with Crippen LogP contribution in [0.3, 0.4) is 0 Å². The number of benzene rings is 2. The fourth-order valence-corrected chi connectivity index (χ4v) is 3.12. The van der Waals surface area contributed by atoms with E-state index in [1.807, 2.05) is 24.3 Å². The molecule has 8 nitrogen and oxygen atoms in total. The van der Waals surface area contributed by atoms with Crippen LogP contribution in [0, 0.1) is 13.7 Å². The van der Waals surface area contributed by atoms with Gasteiger partial charge in [-0.25, -0.2) is 4.98 Å². The number of pyridine rings is 1. The Morgan fingerprint density at radius 2 is 2.07 bits per heavy atom. The number of ether oxygens (including phenoxy) is 2. The molecule has 0 saturated heterocycles. The first-order chi connectivity index (χ1) is 14.5. The summed E-state index contributed by atoms with van der Waals surface area (Å²) in [5.74, 6) is 0.899. The second kappa shape index (κ2) is 10.2. The standard InChI is InChI=1S/C20H16ClIN4O4/c1-29-18-10-14(11-24-25-20-17(26(27)28)3-2-8-23-20)9-16(21)19(18)30-12-13-4-6-15(22)7-5-13/h2-11H,12H2,1H3,(H,23,25)/b24-11-. The number of hydrogen-bond acceptors (Lipinski definition) is 7. The first kappa shape index (κ1) is 21.8. The highest BCUT2D eigenvalue weighted by atomic mass is 127. The molecule has 0 fully saturated rings. The molecule has 30 heavy (non-hydrogen) atoms. The van der Waals surface area contributed by atoms with Gasteiger partial charge in [-0.2, -0.15) is 5.10 Å². The topological polar surface area (TPSA) is 98.9 Å². The number of nitrogens with zero attached hydrogens (tertiary/aromatic N) is 3. The van der Waals surface area contributed by atoms with Gasteiger partial charge >= 0.3 is 5.69 Å². The van der Waals surface area contributed by atoms with Crippen LogP contribution in [0.4, 0.5) is 11.5 Å². The lowest BCUT2D eigenvalue weighted by Gasteiger charge is -2.13. The highest BCUT2D eigenvalue weighted by Gasteiger charge is 2.14. The lowest BCUT2D eigenvalue weighted by atomic mass is 10.2. The second-order valence-electron chi connectivity index (χ2n) is 5.95. The van der Waals surface area contributed by atoms with Gasteiger partial charge in [0.2, 0.25) is 5.82 Å². The third-order valence-corrected chi connectivity index (χ3v) is 4.92. The Labute approximate surface area is 191 Å². The second-order valence-corrected chi connectivity index (χ2v) is 7.60. The molecular weight excluding hydrogens is 523 g/mol. The van der Waals surface area contributed by atoms with Gasteiger partial charge in [-0.3, -0.25) is 15.5 Å². The van der Waals surface area contributed by atoms with Gasteiger partial charge in [-0.15, -0.1) is 0 Å². The zero-order valence-electron chi connectivity index (χ0n) is 15.7. The van der Waals surface area contributed by atoms with E-state index in [9.17, 15) is 10.1 Å². The van der Waals surface area contributed by atoms with Crippen LogP contribution in [-0.4, -0.2) is 23.2 Å². The summed E-state index contributed by atoms with van der Waals surface area (Å²) in [7, 11) is 1.51. The van der Waals surface area contributed by atoms with E-state index in [4.69, 9.17) is 21.1 Å². The quantitative estimate of drug-likeness (QED) is 0.181. The van der Waals surface area contributed by atoms with E-state index >= 15 is 0 Å². The summed E-state index contributed by atoms with van der Waals surface area (Å²) >= 11 is 8.62. The number of aromatic nitrogens is 1. The highest BCUT2D eigenvalue weighted by Crippen LogP contribution is 2.36. The summed E-state index contributed by atoms with van der Waals surface area (Å²) in [6.07, 6.45) is 2.89. The van der Waals surface area contributed by atoms with Crippen LogP contribution in [0.25, 0.3) is 0 Å². The van der Waals surface area contributed by atoms with Crippen molar-refractivity contribution in [2.24, 2.45) is 5.10 Å². The first-order valence-corrected chi connectivity index (χ1v) is 10.1. The third kappa shape index (κ3) is 5.57. The molecule has 0 aliphatic carbocycles. The number of hydrazone groups is 1. The lowest BCUT2D eigenvalue weighted by Crippen LogP contribution is -2.01. The van der Waals surface area contributed by atoms with Crippen LogP contribution < -0.4 is 14.9 Å². The normalized spacial score (nSPS) is 10.8. The van der Waals surface area contributed by atoms with E-state index in [1.165, 1.54) is 31.7 Å². The summed E-state index contributed by atoms with van der Waals surface area (Å²) in [5.41, 5.74) is 4.01. The lowest BCUT2D eigenvalue weighted by molar-refractivity contribution is -0.384. The molecule has 0 aliphatic rings. The molecule has 1 N–H and O–H groups in total. The highest BCUT2D eigenvalue weighted by molar-refractivity contribution is 14.1. The smallest absolute Gasteiger partial charge is 0.313 e. The summed E-state index contributed by atoms with van der Waals surface area (Å²) < 4.78 is 12.4. The molecule has 0 saturated carbocycles. The van der Waals surface area contributed by atoms with Crippen molar-refractivity contribution in [3.05, 3.63) is 84.6 Å². The van der Waals surface area contributed by atoms with Gasteiger partial charge < -0.3 is 9.47 Å². The number of hydrogen-bond donors (Lipinski definition) is 1. The molecule has 0 spiro atoms. The van der Waals surface area contributed by atoms with Crippen molar-refractivity contribution in [3.8, 4) is 11.5 Å². The van der Waals surface area contributed by atoms with Crippen molar-refractivity contribution in [2.75, 3.05) is 12.5 Å². The van der Waals surface area contributed by atoms with Gasteiger partial charge in [0, 0.05) is 15.8 Å². The average molecular weight is 539 g/mol. The number of anilines is 1. The number of nitrogens with one attached hydrogen (secondary N) is 1. The summed E-state index contributed by atoms with van der Waals surface area (Å²) in [5, 5.41) is 15.4. The molecule has 0 aliphatic heterocycles. The fraction of sp³-hybridized carbons (Fsp3) is 0.100. The van der Waals surface area contributed by atoms with E-state index in [0.717, 1.165) is 9.13 Å². The number of rotatable bonds is 8. The van der Waals surface area contributed by atoms with Crippen LogP contribution in [0.5, 0.6) is 11.5 Å². The Morgan fingerprint density at radius 1 is 1.30 bits per heavy atom. The summed E-state index contributed by atoms with van der Waals surface area (Å²) in [6.45, 7) is 0.339. The SMILES string of the molecule is COc1cc(/C=N\Nc2ncccc2[N+](=O)[O-])cc(Cl)c1OCc1ccc(I)cc1. The molecule has 3 aromatic rings. The summed E-state index contributed by atoms with van der Waals surface area (Å²) in [4.78, 5) is 14.4. The predicted molar refractivity (Wildman–Crippen MR) is 124 cm³/mol. The first-order valence-electron chi connectivity index (χ1n) is 8.61. The molecule has 2 aromatic carbocycles. The van der Waals surface area contributed by atoms with Crippen LogP contribution in [-0.2, 0) is 6.61 Å². The molecule has 0 amide bonds. The zero-order chi connectivity index (χ0) is 21.5. The maximum Gasteiger partial charge on any atom is 0.313 e. The molecule has 154 valence electrons. The minimum atomic E-state index is -0.537. The Hall–Kier alpha value is -2.92. The van der Waals surface area contributed by atoms with Crippen molar-refractivity contribution < 1.29 is 14.4 Å². The molecule has 10 heteroatoms. The molecule has 0 atom stereocenters. The molecule has 3 rings (SSSR count). The van der Waals surface area contributed by atoms with E-state index in [2.05, 4.69) is 38.1 Å². The monoisotopic (exact) mass is 538 g/mol. The number of halogens is 2. The van der Waals surface area contributed by atoms with Crippen LogP contribution in [0.2, 0.25) is 5.02 Å². The minimum absolute atomic E-state index is 0.0364. The Balaban J connectivity index is 1.74. The van der Waals surface area contributed by atoms with Gasteiger partial charge in [0.25, 0.3) is 0 Å². The molecular formula is C20H16ClIN4O4. The Morgan fingerprint density at radius 3 is 2.77 bits per heavy atom. The van der Waals surface area contributed by atoms with E-state index in [-0.39, 0.29) is 11.5 Å². The molecule has 1 aromatic heterocycles.